The van der Waals surface area contributed by atoms with Crippen molar-refractivity contribution < 1.29 is 10.0 Å². The summed E-state index contributed by atoms with van der Waals surface area (Å²) in [5.41, 5.74) is 5.92. The Morgan fingerprint density at radius 1 is 1.28 bits per heavy atom. The number of nitrogens with zero attached hydrogens (tertiary/aromatic N) is 3. The molecule has 0 atom stereocenters. The molecule has 0 fully saturated rings. The zero-order chi connectivity index (χ0) is 17.8. The summed E-state index contributed by atoms with van der Waals surface area (Å²) in [4.78, 5) is 14.7. The minimum atomic E-state index is -0.529. The summed E-state index contributed by atoms with van der Waals surface area (Å²) in [6.07, 6.45) is 1.31. The molecule has 126 valence electrons. The van der Waals surface area contributed by atoms with Crippen molar-refractivity contribution in [3.8, 4) is 17.0 Å². The average Bonchev–Trinajstić information content (AvgIpc) is 3.06. The van der Waals surface area contributed by atoms with Gasteiger partial charge in [0.25, 0.3) is 5.69 Å². The highest BCUT2D eigenvalue weighted by molar-refractivity contribution is 7.14. The summed E-state index contributed by atoms with van der Waals surface area (Å²) in [7, 11) is 0. The maximum Gasteiger partial charge on any atom is 0.270 e. The Hall–Kier alpha value is -3.26. The molecule has 7 nitrogen and oxygen atoms in total. The van der Waals surface area contributed by atoms with Crippen LogP contribution in [0.1, 0.15) is 11.1 Å². The standard InChI is InChI=1S/C17H14N4O3S/c1-11-2-4-12(5-3-11)15-10-25-17(19-15)20-18-9-13-8-14(21(23)24)6-7-16(13)22/h2-10,22H,1H3,(H,19,20). The summed E-state index contributed by atoms with van der Waals surface area (Å²) in [5.74, 6) is -0.0874. The molecule has 0 saturated heterocycles. The van der Waals surface area contributed by atoms with Crippen LogP contribution in [0, 0.1) is 17.0 Å². The second kappa shape index (κ2) is 7.10. The fourth-order valence-electron chi connectivity index (χ4n) is 2.10. The normalized spacial score (nSPS) is 10.9. The summed E-state index contributed by atoms with van der Waals surface area (Å²) in [6, 6.07) is 11.8. The summed E-state index contributed by atoms with van der Waals surface area (Å²) in [5, 5.41) is 27.0. The van der Waals surface area contributed by atoms with Gasteiger partial charge in [0.1, 0.15) is 5.75 Å². The highest BCUT2D eigenvalue weighted by Gasteiger charge is 2.09. The van der Waals surface area contributed by atoms with Crippen molar-refractivity contribution in [2.75, 3.05) is 5.43 Å². The molecule has 0 aliphatic rings. The van der Waals surface area contributed by atoms with Crippen LogP contribution in [0.4, 0.5) is 10.8 Å². The smallest absolute Gasteiger partial charge is 0.270 e. The number of nitro groups is 1. The van der Waals surface area contributed by atoms with Gasteiger partial charge in [-0.3, -0.25) is 15.5 Å². The van der Waals surface area contributed by atoms with Crippen LogP contribution in [-0.2, 0) is 0 Å². The van der Waals surface area contributed by atoms with Crippen molar-refractivity contribution in [2.45, 2.75) is 6.92 Å². The fourth-order valence-corrected chi connectivity index (χ4v) is 2.77. The van der Waals surface area contributed by atoms with Gasteiger partial charge in [0, 0.05) is 28.6 Å². The molecule has 0 aliphatic heterocycles. The maximum absolute atomic E-state index is 10.8. The first kappa shape index (κ1) is 16.6. The van der Waals surface area contributed by atoms with E-state index in [-0.39, 0.29) is 17.0 Å². The minimum absolute atomic E-state index is 0.0874. The first-order valence-corrected chi connectivity index (χ1v) is 8.20. The van der Waals surface area contributed by atoms with E-state index < -0.39 is 4.92 Å². The van der Waals surface area contributed by atoms with Gasteiger partial charge >= 0.3 is 0 Å². The van der Waals surface area contributed by atoms with Gasteiger partial charge in [0.05, 0.1) is 16.8 Å². The van der Waals surface area contributed by atoms with Crippen LogP contribution < -0.4 is 5.43 Å². The molecule has 8 heteroatoms. The first-order valence-electron chi connectivity index (χ1n) is 7.32. The van der Waals surface area contributed by atoms with Gasteiger partial charge in [-0.15, -0.1) is 11.3 Å². The third kappa shape index (κ3) is 3.99. The lowest BCUT2D eigenvalue weighted by Crippen LogP contribution is -1.93. The molecule has 0 bridgehead atoms. The first-order chi connectivity index (χ1) is 12.0. The van der Waals surface area contributed by atoms with Crippen molar-refractivity contribution in [1.29, 1.82) is 0 Å². The van der Waals surface area contributed by atoms with Gasteiger partial charge in [-0.2, -0.15) is 5.10 Å². The Kier molecular flexibility index (Phi) is 4.71. The van der Waals surface area contributed by atoms with Gasteiger partial charge < -0.3 is 5.11 Å². The summed E-state index contributed by atoms with van der Waals surface area (Å²) >= 11 is 1.39. The van der Waals surface area contributed by atoms with Crippen LogP contribution in [0.2, 0.25) is 0 Å². The van der Waals surface area contributed by atoms with Crippen LogP contribution in [-0.4, -0.2) is 21.2 Å². The second-order valence-corrected chi connectivity index (χ2v) is 6.13. The molecule has 0 unspecified atom stereocenters. The second-order valence-electron chi connectivity index (χ2n) is 5.27. The zero-order valence-electron chi connectivity index (χ0n) is 13.2. The number of anilines is 1. The van der Waals surface area contributed by atoms with E-state index in [2.05, 4.69) is 15.5 Å². The zero-order valence-corrected chi connectivity index (χ0v) is 14.0. The average molecular weight is 354 g/mol. The van der Waals surface area contributed by atoms with Gasteiger partial charge in [0.15, 0.2) is 0 Å². The van der Waals surface area contributed by atoms with Crippen LogP contribution >= 0.6 is 11.3 Å². The number of thiazole rings is 1. The van der Waals surface area contributed by atoms with Crippen molar-refractivity contribution >= 4 is 28.4 Å². The highest BCUT2D eigenvalue weighted by Crippen LogP contribution is 2.25. The van der Waals surface area contributed by atoms with Crippen molar-refractivity contribution in [3.63, 3.8) is 0 Å². The molecule has 2 aromatic carbocycles. The lowest BCUT2D eigenvalue weighted by atomic mass is 10.1. The van der Waals surface area contributed by atoms with Gasteiger partial charge in [0.2, 0.25) is 5.13 Å². The lowest BCUT2D eigenvalue weighted by molar-refractivity contribution is -0.384. The number of aryl methyl sites for hydroxylation is 1. The quantitative estimate of drug-likeness (QED) is 0.407. The minimum Gasteiger partial charge on any atom is -0.507 e. The number of aromatic hydroxyl groups is 1. The third-order valence-corrected chi connectivity index (χ3v) is 4.18. The Morgan fingerprint density at radius 3 is 2.76 bits per heavy atom. The molecular weight excluding hydrogens is 340 g/mol. The fraction of sp³-hybridized carbons (Fsp3) is 0.0588. The molecule has 25 heavy (non-hydrogen) atoms. The lowest BCUT2D eigenvalue weighted by Gasteiger charge is -1.99. The van der Waals surface area contributed by atoms with E-state index in [1.165, 1.54) is 41.3 Å². The van der Waals surface area contributed by atoms with E-state index in [0.29, 0.717) is 5.13 Å². The topological polar surface area (TPSA) is 101 Å². The maximum atomic E-state index is 10.8. The van der Waals surface area contributed by atoms with Crippen LogP contribution in [0.25, 0.3) is 11.3 Å². The SMILES string of the molecule is Cc1ccc(-c2csc(NN=Cc3cc([N+](=O)[O-])ccc3O)n2)cc1. The Morgan fingerprint density at radius 2 is 2.04 bits per heavy atom. The molecule has 0 saturated carbocycles. The van der Waals surface area contributed by atoms with E-state index in [4.69, 9.17) is 0 Å². The summed E-state index contributed by atoms with van der Waals surface area (Å²) < 4.78 is 0. The van der Waals surface area contributed by atoms with Crippen molar-refractivity contribution in [2.24, 2.45) is 5.10 Å². The molecule has 0 radical (unpaired) electrons. The van der Waals surface area contributed by atoms with Gasteiger partial charge in [-0.05, 0) is 13.0 Å². The van der Waals surface area contributed by atoms with Crippen molar-refractivity contribution in [1.82, 2.24) is 4.98 Å². The Bertz CT molecular complexity index is 935. The molecule has 1 aromatic heterocycles. The van der Waals surface area contributed by atoms with E-state index in [1.807, 2.05) is 36.6 Å². The van der Waals surface area contributed by atoms with E-state index in [9.17, 15) is 15.2 Å². The predicted molar refractivity (Wildman–Crippen MR) is 98.3 cm³/mol. The largest absolute Gasteiger partial charge is 0.507 e. The number of hydrazone groups is 1. The number of hydrogen-bond donors (Lipinski definition) is 2. The molecule has 3 rings (SSSR count). The molecule has 0 aliphatic carbocycles. The number of phenolic OH excluding ortho intramolecular Hbond substituents is 1. The molecular formula is C17H14N4O3S. The predicted octanol–water partition coefficient (Wildman–Crippen LogP) is 4.18. The van der Waals surface area contributed by atoms with Crippen molar-refractivity contribution in [3.05, 3.63) is 69.1 Å². The third-order valence-electron chi connectivity index (χ3n) is 3.44. The monoisotopic (exact) mass is 354 g/mol. The van der Waals surface area contributed by atoms with E-state index in [0.717, 1.165) is 11.3 Å². The van der Waals surface area contributed by atoms with Crippen LogP contribution in [0.3, 0.4) is 0 Å². The number of benzene rings is 2. The number of non-ortho nitro benzene ring substituents is 1. The molecule has 3 aromatic rings. The number of rotatable bonds is 5. The number of phenols is 1. The van der Waals surface area contributed by atoms with Crippen LogP contribution in [0.5, 0.6) is 5.75 Å². The Balaban J connectivity index is 1.72. The number of aromatic nitrogens is 1. The number of hydrogen-bond acceptors (Lipinski definition) is 7. The Labute approximate surface area is 147 Å². The van der Waals surface area contributed by atoms with Gasteiger partial charge in [-0.1, -0.05) is 29.8 Å². The highest BCUT2D eigenvalue weighted by atomic mass is 32.1. The van der Waals surface area contributed by atoms with Gasteiger partial charge in [-0.25, -0.2) is 4.98 Å². The molecule has 0 amide bonds. The van der Waals surface area contributed by atoms with E-state index >= 15 is 0 Å². The van der Waals surface area contributed by atoms with Crippen LogP contribution in [0.15, 0.2) is 52.9 Å². The van der Waals surface area contributed by atoms with E-state index in [1.54, 1.807) is 0 Å². The summed E-state index contributed by atoms with van der Waals surface area (Å²) in [6.45, 7) is 2.02. The number of nitrogens with one attached hydrogen (secondary N) is 1. The molecule has 0 spiro atoms. The molecule has 1 heterocycles. The number of nitro benzene ring substituents is 1. The molecule has 2 N–H and O–H groups in total.